The van der Waals surface area contributed by atoms with Crippen molar-refractivity contribution in [2.24, 2.45) is 0 Å². The molecule has 0 aromatic carbocycles. The van der Waals surface area contributed by atoms with Crippen molar-refractivity contribution in [3.63, 3.8) is 0 Å². The predicted molar refractivity (Wildman–Crippen MR) is 58.6 cm³/mol. The van der Waals surface area contributed by atoms with E-state index in [0.717, 1.165) is 0 Å². The lowest BCUT2D eigenvalue weighted by atomic mass is 10.1. The SMILES string of the molecule is O=CC(=O)O.O=CC(=O)O.O=CC(O)C(O)C(O)CO. The summed E-state index contributed by atoms with van der Waals surface area (Å²) in [5.74, 6) is -2.85. The van der Waals surface area contributed by atoms with Gasteiger partial charge in [0, 0.05) is 0 Å². The van der Waals surface area contributed by atoms with Gasteiger partial charge in [-0.25, -0.2) is 9.59 Å². The number of rotatable bonds is 6. The number of carbonyl (C=O) groups is 5. The first-order valence-electron chi connectivity index (χ1n) is 4.64. The summed E-state index contributed by atoms with van der Waals surface area (Å²) >= 11 is 0. The Hall–Kier alpha value is -2.21. The fraction of sp³-hybridized carbons (Fsp3) is 0.444. The molecule has 0 aliphatic rings. The van der Waals surface area contributed by atoms with Crippen LogP contribution in [0.5, 0.6) is 0 Å². The summed E-state index contributed by atoms with van der Waals surface area (Å²) in [5.41, 5.74) is 0. The standard InChI is InChI=1S/C5H10O5.2C2H2O3/c6-1-3(8)5(10)4(9)2-7;2*3-1-2(4)5/h1,3-5,7-10H,2H2;2*1H,(H,4,5). The molecule has 0 heterocycles. The second-order valence-electron chi connectivity index (χ2n) is 2.78. The molecule has 3 atom stereocenters. The Morgan fingerprint density at radius 3 is 1.35 bits per heavy atom. The Morgan fingerprint density at radius 2 is 1.20 bits per heavy atom. The Balaban J connectivity index is -0.000000244. The number of aliphatic carboxylic acids is 2. The van der Waals surface area contributed by atoms with Crippen molar-refractivity contribution in [1.29, 1.82) is 0 Å². The van der Waals surface area contributed by atoms with Crippen LogP contribution < -0.4 is 0 Å². The summed E-state index contributed by atoms with van der Waals surface area (Å²) in [6.45, 7) is -0.688. The van der Waals surface area contributed by atoms with Crippen LogP contribution in [-0.2, 0) is 24.0 Å². The maximum atomic E-state index is 9.76. The van der Waals surface area contributed by atoms with E-state index in [2.05, 4.69) is 0 Å². The molecule has 20 heavy (non-hydrogen) atoms. The second-order valence-corrected chi connectivity index (χ2v) is 2.78. The molecular formula is C9H14O11. The number of aldehydes is 3. The van der Waals surface area contributed by atoms with Gasteiger partial charge in [-0.15, -0.1) is 0 Å². The number of carboxylic acid groups (broad SMARTS) is 2. The third-order valence-corrected chi connectivity index (χ3v) is 1.27. The van der Waals surface area contributed by atoms with E-state index in [9.17, 15) is 4.79 Å². The minimum atomic E-state index is -1.64. The van der Waals surface area contributed by atoms with E-state index in [0.29, 0.717) is 0 Å². The van der Waals surface area contributed by atoms with Gasteiger partial charge in [0.05, 0.1) is 6.61 Å². The molecule has 11 heteroatoms. The van der Waals surface area contributed by atoms with Gasteiger partial charge in [-0.1, -0.05) is 0 Å². The number of carbonyl (C=O) groups excluding carboxylic acids is 3. The van der Waals surface area contributed by atoms with Crippen molar-refractivity contribution in [3.05, 3.63) is 0 Å². The van der Waals surface area contributed by atoms with Gasteiger partial charge in [-0.2, -0.15) is 0 Å². The van der Waals surface area contributed by atoms with Gasteiger partial charge in [-0.3, -0.25) is 9.59 Å². The first-order valence-corrected chi connectivity index (χ1v) is 4.64. The fourth-order valence-electron chi connectivity index (χ4n) is 0.416. The smallest absolute Gasteiger partial charge is 0.368 e. The zero-order valence-electron chi connectivity index (χ0n) is 9.90. The van der Waals surface area contributed by atoms with Gasteiger partial charge >= 0.3 is 11.9 Å². The van der Waals surface area contributed by atoms with Gasteiger partial charge in [0.1, 0.15) is 18.3 Å². The molecule has 0 aliphatic carbocycles. The topological polar surface area (TPSA) is 207 Å². The number of hydrogen-bond donors (Lipinski definition) is 6. The zero-order valence-corrected chi connectivity index (χ0v) is 9.90. The van der Waals surface area contributed by atoms with Crippen LogP contribution in [0.15, 0.2) is 0 Å². The molecule has 0 aromatic rings. The van der Waals surface area contributed by atoms with Crippen LogP contribution in [0.4, 0.5) is 0 Å². The van der Waals surface area contributed by atoms with Crippen molar-refractivity contribution in [1.82, 2.24) is 0 Å². The summed E-state index contributed by atoms with van der Waals surface area (Å²) < 4.78 is 0. The van der Waals surface area contributed by atoms with Gasteiger partial charge in [0.25, 0.3) is 0 Å². The molecule has 0 amide bonds. The van der Waals surface area contributed by atoms with Crippen molar-refractivity contribution < 1.29 is 54.6 Å². The highest BCUT2D eigenvalue weighted by Gasteiger charge is 2.22. The van der Waals surface area contributed by atoms with Crippen LogP contribution in [0.1, 0.15) is 0 Å². The molecule has 0 saturated heterocycles. The summed E-state index contributed by atoms with van der Waals surface area (Å²) in [7, 11) is 0. The minimum Gasteiger partial charge on any atom is -0.476 e. The monoisotopic (exact) mass is 298 g/mol. The van der Waals surface area contributed by atoms with Crippen LogP contribution in [0, 0.1) is 0 Å². The summed E-state index contributed by atoms with van der Waals surface area (Å²) in [4.78, 5) is 45.6. The maximum absolute atomic E-state index is 9.76. The molecule has 0 aliphatic heterocycles. The van der Waals surface area contributed by atoms with Crippen molar-refractivity contribution in [3.8, 4) is 0 Å². The van der Waals surface area contributed by atoms with E-state index < -0.39 is 36.9 Å². The molecule has 0 bridgehead atoms. The molecule has 0 radical (unpaired) electrons. The average Bonchev–Trinajstić information content (AvgIpc) is 2.45. The molecule has 11 nitrogen and oxygen atoms in total. The maximum Gasteiger partial charge on any atom is 0.368 e. The van der Waals surface area contributed by atoms with Crippen LogP contribution in [0.2, 0.25) is 0 Å². The summed E-state index contributed by atoms with van der Waals surface area (Å²) in [5, 5.41) is 48.8. The third-order valence-electron chi connectivity index (χ3n) is 1.27. The molecular weight excluding hydrogens is 284 g/mol. The lowest BCUT2D eigenvalue weighted by Crippen LogP contribution is -2.40. The highest BCUT2D eigenvalue weighted by atomic mass is 16.4. The van der Waals surface area contributed by atoms with E-state index >= 15 is 0 Å². The molecule has 6 N–H and O–H groups in total. The molecule has 0 fully saturated rings. The Bertz CT molecular complexity index is 295. The van der Waals surface area contributed by atoms with Gasteiger partial charge in [0.2, 0.25) is 12.6 Å². The van der Waals surface area contributed by atoms with Crippen LogP contribution in [0.3, 0.4) is 0 Å². The van der Waals surface area contributed by atoms with E-state index in [1.807, 2.05) is 0 Å². The lowest BCUT2D eigenvalue weighted by molar-refractivity contribution is -0.143. The van der Waals surface area contributed by atoms with Gasteiger partial charge < -0.3 is 35.4 Å². The number of aliphatic hydroxyl groups excluding tert-OH is 4. The molecule has 0 saturated carbocycles. The first kappa shape index (κ1) is 22.9. The highest BCUT2D eigenvalue weighted by molar-refractivity contribution is 6.19. The summed E-state index contributed by atoms with van der Waals surface area (Å²) in [6.07, 6.45) is -4.96. The van der Waals surface area contributed by atoms with E-state index in [1.165, 1.54) is 0 Å². The van der Waals surface area contributed by atoms with Crippen molar-refractivity contribution in [2.75, 3.05) is 6.61 Å². The first-order chi connectivity index (χ1) is 9.17. The zero-order chi connectivity index (χ0) is 16.7. The largest absolute Gasteiger partial charge is 0.476 e. The van der Waals surface area contributed by atoms with Crippen LogP contribution in [-0.4, -0.2) is 86.4 Å². The molecule has 0 rings (SSSR count). The highest BCUT2D eigenvalue weighted by Crippen LogP contribution is 1.96. The third kappa shape index (κ3) is 18.2. The Morgan fingerprint density at radius 1 is 0.900 bits per heavy atom. The fourth-order valence-corrected chi connectivity index (χ4v) is 0.416. The molecule has 3 unspecified atom stereocenters. The van der Waals surface area contributed by atoms with Crippen molar-refractivity contribution in [2.45, 2.75) is 18.3 Å². The van der Waals surface area contributed by atoms with Gasteiger partial charge in [-0.05, 0) is 0 Å². The second kappa shape index (κ2) is 14.8. The van der Waals surface area contributed by atoms with E-state index in [-0.39, 0.29) is 18.9 Å². The summed E-state index contributed by atoms with van der Waals surface area (Å²) in [6, 6.07) is 0. The molecule has 0 spiro atoms. The van der Waals surface area contributed by atoms with E-state index in [4.69, 9.17) is 49.8 Å². The Labute approximate surface area is 111 Å². The normalized spacial score (nSPS) is 13.0. The van der Waals surface area contributed by atoms with Crippen molar-refractivity contribution >= 4 is 30.8 Å². The Kier molecular flexibility index (Phi) is 17.0. The quantitative estimate of drug-likeness (QED) is 0.204. The number of aliphatic hydroxyl groups is 4. The predicted octanol–water partition coefficient (Wildman–Crippen LogP) is -4.20. The van der Waals surface area contributed by atoms with Crippen LogP contribution in [0.25, 0.3) is 0 Å². The van der Waals surface area contributed by atoms with Crippen LogP contribution >= 0.6 is 0 Å². The molecule has 116 valence electrons. The lowest BCUT2D eigenvalue weighted by Gasteiger charge is -2.16. The minimum absolute atomic E-state index is 0.0869. The average molecular weight is 298 g/mol. The number of carboxylic acids is 2. The molecule has 0 aromatic heterocycles. The van der Waals surface area contributed by atoms with E-state index in [1.54, 1.807) is 0 Å². The number of hydrogen-bond acceptors (Lipinski definition) is 9. The van der Waals surface area contributed by atoms with Gasteiger partial charge in [0.15, 0.2) is 6.29 Å².